The van der Waals surface area contributed by atoms with E-state index in [2.05, 4.69) is 0 Å². The molecule has 0 bridgehead atoms. The van der Waals surface area contributed by atoms with E-state index in [1.807, 2.05) is 56.3 Å². The Morgan fingerprint density at radius 1 is 1.10 bits per heavy atom. The van der Waals surface area contributed by atoms with Crippen molar-refractivity contribution in [3.05, 3.63) is 59.7 Å². The number of carbonyl (C=O) groups is 1. The molecular weight excluding hydrogens is 252 g/mol. The summed E-state index contributed by atoms with van der Waals surface area (Å²) < 4.78 is 11.0. The van der Waals surface area contributed by atoms with Crippen molar-refractivity contribution in [2.75, 3.05) is 0 Å². The quantitative estimate of drug-likeness (QED) is 0.631. The van der Waals surface area contributed by atoms with E-state index in [1.54, 1.807) is 6.07 Å². The summed E-state index contributed by atoms with van der Waals surface area (Å²) in [6.07, 6.45) is 0. The summed E-state index contributed by atoms with van der Waals surface area (Å²) in [6.45, 7) is 4.24. The molecule has 102 valence electrons. The van der Waals surface area contributed by atoms with Gasteiger partial charge in [0.25, 0.3) is 0 Å². The lowest BCUT2D eigenvalue weighted by Gasteiger charge is -2.14. The van der Waals surface area contributed by atoms with E-state index >= 15 is 0 Å². The molecule has 1 aliphatic rings. The molecule has 0 fully saturated rings. The molecule has 0 N–H and O–H groups in total. The van der Waals surface area contributed by atoms with E-state index < -0.39 is 5.41 Å². The minimum Gasteiger partial charge on any atom is -0.489 e. The van der Waals surface area contributed by atoms with Gasteiger partial charge in [-0.1, -0.05) is 30.3 Å². The Kier molecular flexibility index (Phi) is 2.97. The molecule has 3 nitrogen and oxygen atoms in total. The number of ether oxygens (including phenoxy) is 2. The van der Waals surface area contributed by atoms with Gasteiger partial charge < -0.3 is 9.47 Å². The van der Waals surface area contributed by atoms with Crippen molar-refractivity contribution < 1.29 is 14.3 Å². The highest BCUT2D eigenvalue weighted by molar-refractivity contribution is 5.89. The lowest BCUT2D eigenvalue weighted by molar-refractivity contribution is -0.137. The number of carbonyl (C=O) groups excluding carboxylic acids is 1. The summed E-state index contributed by atoms with van der Waals surface area (Å²) >= 11 is 0. The molecule has 3 rings (SSSR count). The van der Waals surface area contributed by atoms with Crippen LogP contribution < -0.4 is 9.47 Å². The third-order valence-corrected chi connectivity index (χ3v) is 3.59. The van der Waals surface area contributed by atoms with E-state index in [9.17, 15) is 4.79 Å². The van der Waals surface area contributed by atoms with Crippen molar-refractivity contribution in [2.24, 2.45) is 0 Å². The molecule has 2 aromatic rings. The number of rotatable bonds is 3. The summed E-state index contributed by atoms with van der Waals surface area (Å²) in [5.74, 6) is 1.17. The number of benzene rings is 2. The van der Waals surface area contributed by atoms with E-state index in [0.717, 1.165) is 16.9 Å². The molecule has 0 atom stereocenters. The summed E-state index contributed by atoms with van der Waals surface area (Å²) in [5, 5.41) is 0. The zero-order chi connectivity index (χ0) is 14.2. The first-order chi connectivity index (χ1) is 9.57. The van der Waals surface area contributed by atoms with Gasteiger partial charge in [0.2, 0.25) is 0 Å². The molecule has 0 amide bonds. The lowest BCUT2D eigenvalue weighted by atomic mass is 9.86. The van der Waals surface area contributed by atoms with Gasteiger partial charge in [0.1, 0.15) is 18.1 Å². The van der Waals surface area contributed by atoms with Crippen LogP contribution in [-0.4, -0.2) is 5.97 Å². The van der Waals surface area contributed by atoms with Crippen LogP contribution in [0.5, 0.6) is 11.5 Å². The largest absolute Gasteiger partial charge is 0.489 e. The highest BCUT2D eigenvalue weighted by Gasteiger charge is 2.41. The van der Waals surface area contributed by atoms with Gasteiger partial charge in [-0.3, -0.25) is 4.79 Å². The topological polar surface area (TPSA) is 35.5 Å². The Morgan fingerprint density at radius 3 is 2.60 bits per heavy atom. The van der Waals surface area contributed by atoms with Crippen molar-refractivity contribution in [3.63, 3.8) is 0 Å². The maximum Gasteiger partial charge on any atom is 0.321 e. The Balaban J connectivity index is 1.80. The average Bonchev–Trinajstić information content (AvgIpc) is 2.68. The maximum absolute atomic E-state index is 11.8. The Hall–Kier alpha value is -2.29. The fourth-order valence-corrected chi connectivity index (χ4v) is 2.25. The monoisotopic (exact) mass is 268 g/mol. The molecule has 2 aromatic carbocycles. The van der Waals surface area contributed by atoms with Crippen LogP contribution in [0.3, 0.4) is 0 Å². The Labute approximate surface area is 118 Å². The van der Waals surface area contributed by atoms with Crippen LogP contribution in [0.15, 0.2) is 48.5 Å². The molecule has 20 heavy (non-hydrogen) atoms. The van der Waals surface area contributed by atoms with Gasteiger partial charge in [0.15, 0.2) is 0 Å². The van der Waals surface area contributed by atoms with Crippen molar-refractivity contribution in [2.45, 2.75) is 25.9 Å². The summed E-state index contributed by atoms with van der Waals surface area (Å²) in [4.78, 5) is 11.8. The van der Waals surface area contributed by atoms with E-state index in [0.29, 0.717) is 12.4 Å². The zero-order valence-corrected chi connectivity index (χ0v) is 11.6. The minimum atomic E-state index is -0.610. The van der Waals surface area contributed by atoms with Crippen LogP contribution in [0.1, 0.15) is 25.0 Å². The predicted molar refractivity (Wildman–Crippen MR) is 75.9 cm³/mol. The van der Waals surface area contributed by atoms with Gasteiger partial charge in [-0.2, -0.15) is 0 Å². The summed E-state index contributed by atoms with van der Waals surface area (Å²) in [6, 6.07) is 15.5. The molecule has 1 aliphatic heterocycles. The van der Waals surface area contributed by atoms with Crippen LogP contribution in [0, 0.1) is 0 Å². The van der Waals surface area contributed by atoms with Crippen LogP contribution in [0.4, 0.5) is 0 Å². The van der Waals surface area contributed by atoms with Crippen LogP contribution >= 0.6 is 0 Å². The maximum atomic E-state index is 11.8. The third kappa shape index (κ3) is 2.16. The molecule has 0 aromatic heterocycles. The second-order valence-electron chi connectivity index (χ2n) is 5.45. The normalized spacial score (nSPS) is 15.6. The van der Waals surface area contributed by atoms with Gasteiger partial charge in [-0.05, 0) is 37.6 Å². The van der Waals surface area contributed by atoms with Gasteiger partial charge in [0.05, 0.1) is 5.41 Å². The second kappa shape index (κ2) is 4.67. The highest BCUT2D eigenvalue weighted by atomic mass is 16.5. The molecular formula is C17H16O3. The molecule has 0 aliphatic carbocycles. The minimum absolute atomic E-state index is 0.215. The Morgan fingerprint density at radius 2 is 1.85 bits per heavy atom. The number of hydrogen-bond donors (Lipinski definition) is 0. The van der Waals surface area contributed by atoms with E-state index in [-0.39, 0.29) is 5.97 Å². The Bertz CT molecular complexity index is 645. The van der Waals surface area contributed by atoms with E-state index in [4.69, 9.17) is 9.47 Å². The molecule has 0 unspecified atom stereocenters. The van der Waals surface area contributed by atoms with Crippen molar-refractivity contribution in [1.29, 1.82) is 0 Å². The summed E-state index contributed by atoms with van der Waals surface area (Å²) in [5.41, 5.74) is 1.38. The third-order valence-electron chi connectivity index (χ3n) is 3.59. The first-order valence-corrected chi connectivity index (χ1v) is 6.61. The molecule has 0 radical (unpaired) electrons. The molecule has 1 heterocycles. The molecule has 0 saturated carbocycles. The van der Waals surface area contributed by atoms with Crippen LogP contribution in [0.2, 0.25) is 0 Å². The summed E-state index contributed by atoms with van der Waals surface area (Å²) in [7, 11) is 0. The average molecular weight is 268 g/mol. The first-order valence-electron chi connectivity index (χ1n) is 6.61. The van der Waals surface area contributed by atoms with Gasteiger partial charge in [0, 0.05) is 5.56 Å². The molecule has 0 saturated heterocycles. The lowest BCUT2D eigenvalue weighted by Crippen LogP contribution is -2.25. The molecule has 3 heteroatoms. The number of hydrogen-bond acceptors (Lipinski definition) is 3. The SMILES string of the molecule is CC1(C)C(=O)Oc2ccc(OCc3ccccc3)cc21. The fraction of sp³-hybridized carbons (Fsp3) is 0.235. The van der Waals surface area contributed by atoms with Crippen molar-refractivity contribution in [3.8, 4) is 11.5 Å². The predicted octanol–water partition coefficient (Wildman–Crippen LogP) is 3.46. The number of esters is 1. The van der Waals surface area contributed by atoms with Gasteiger partial charge in [-0.25, -0.2) is 0 Å². The van der Waals surface area contributed by atoms with E-state index in [1.165, 1.54) is 0 Å². The number of fused-ring (bicyclic) bond motifs is 1. The van der Waals surface area contributed by atoms with Gasteiger partial charge >= 0.3 is 5.97 Å². The van der Waals surface area contributed by atoms with Crippen molar-refractivity contribution in [1.82, 2.24) is 0 Å². The highest BCUT2D eigenvalue weighted by Crippen LogP contribution is 2.41. The van der Waals surface area contributed by atoms with Crippen molar-refractivity contribution >= 4 is 5.97 Å². The smallest absolute Gasteiger partial charge is 0.321 e. The fourth-order valence-electron chi connectivity index (χ4n) is 2.25. The van der Waals surface area contributed by atoms with Gasteiger partial charge in [-0.15, -0.1) is 0 Å². The standard InChI is InChI=1S/C17H16O3/c1-17(2)14-10-13(8-9-15(14)20-16(17)18)19-11-12-6-4-3-5-7-12/h3-10H,11H2,1-2H3. The first kappa shape index (κ1) is 12.7. The second-order valence-corrected chi connectivity index (χ2v) is 5.45. The van der Waals surface area contributed by atoms with Crippen LogP contribution in [0.25, 0.3) is 0 Å². The van der Waals surface area contributed by atoms with Crippen LogP contribution in [-0.2, 0) is 16.8 Å². The molecule has 0 spiro atoms. The zero-order valence-electron chi connectivity index (χ0n) is 11.6.